The van der Waals surface area contributed by atoms with Gasteiger partial charge in [-0.3, -0.25) is 0 Å². The smallest absolute Gasteiger partial charge is 0.312 e. The van der Waals surface area contributed by atoms with Crippen LogP contribution in [0.5, 0.6) is 0 Å². The molecule has 1 aliphatic rings. The highest BCUT2D eigenvalue weighted by molar-refractivity contribution is 7.12. The van der Waals surface area contributed by atoms with Crippen molar-refractivity contribution in [1.82, 2.24) is 4.90 Å². The first-order valence-corrected chi connectivity index (χ1v) is 11.1. The molecule has 0 saturated carbocycles. The zero-order chi connectivity index (χ0) is 20.5. The van der Waals surface area contributed by atoms with Crippen molar-refractivity contribution in [2.45, 2.75) is 46.6 Å². The summed E-state index contributed by atoms with van der Waals surface area (Å²) in [6, 6.07) is 16.4. The number of nitrogens with one attached hydrogen (secondary N) is 1. The highest BCUT2D eigenvalue weighted by Gasteiger charge is 2.35. The minimum Gasteiger partial charge on any atom is -0.312 e. The van der Waals surface area contributed by atoms with Gasteiger partial charge in [0.2, 0.25) is 0 Å². The van der Waals surface area contributed by atoms with Crippen molar-refractivity contribution in [1.29, 1.82) is 0 Å². The first-order chi connectivity index (χ1) is 14.0. The number of hydrogen-bond acceptors (Lipinski definition) is 2. The molecule has 4 heteroatoms. The lowest BCUT2D eigenvalue weighted by Crippen LogP contribution is -2.42. The number of benzene rings is 2. The van der Waals surface area contributed by atoms with E-state index in [0.717, 1.165) is 25.1 Å². The predicted octanol–water partition coefficient (Wildman–Crippen LogP) is 6.42. The van der Waals surface area contributed by atoms with Gasteiger partial charge in [-0.05, 0) is 73.6 Å². The van der Waals surface area contributed by atoms with Crippen LogP contribution in [0, 0.1) is 20.8 Å². The van der Waals surface area contributed by atoms with Gasteiger partial charge in [0.25, 0.3) is 0 Å². The number of amides is 2. The number of carbonyl (C=O) groups excluding carboxylic acids is 1. The van der Waals surface area contributed by atoms with Gasteiger partial charge < -0.3 is 10.2 Å². The number of thiophene rings is 1. The van der Waals surface area contributed by atoms with Gasteiger partial charge in [-0.1, -0.05) is 43.3 Å². The van der Waals surface area contributed by atoms with Crippen molar-refractivity contribution >= 4 is 23.1 Å². The normalized spacial score (nSPS) is 15.9. The summed E-state index contributed by atoms with van der Waals surface area (Å²) in [4.78, 5) is 18.1. The van der Waals surface area contributed by atoms with E-state index in [4.69, 9.17) is 0 Å². The first-order valence-electron chi connectivity index (χ1n) is 10.3. The van der Waals surface area contributed by atoms with Crippen LogP contribution in [-0.4, -0.2) is 17.5 Å². The number of anilines is 1. The van der Waals surface area contributed by atoms with Crippen LogP contribution >= 0.6 is 11.3 Å². The maximum Gasteiger partial charge on any atom is 0.322 e. The van der Waals surface area contributed by atoms with E-state index in [0.29, 0.717) is 0 Å². The van der Waals surface area contributed by atoms with Gasteiger partial charge in [-0.15, -0.1) is 11.3 Å². The van der Waals surface area contributed by atoms with Crippen molar-refractivity contribution < 1.29 is 4.79 Å². The van der Waals surface area contributed by atoms with Crippen LogP contribution in [0.1, 0.15) is 50.5 Å². The third-order valence-electron chi connectivity index (χ3n) is 6.00. The lowest BCUT2D eigenvalue weighted by Gasteiger charge is -2.36. The molecular formula is C25H28N2OS. The van der Waals surface area contributed by atoms with E-state index in [1.165, 1.54) is 37.6 Å². The highest BCUT2D eigenvalue weighted by atomic mass is 32.1. The molecule has 0 bridgehead atoms. The molecule has 29 heavy (non-hydrogen) atoms. The summed E-state index contributed by atoms with van der Waals surface area (Å²) >= 11 is 1.85. The van der Waals surface area contributed by atoms with E-state index >= 15 is 0 Å². The molecule has 150 valence electrons. The second-order valence-electron chi connectivity index (χ2n) is 7.82. The molecule has 0 radical (unpaired) electrons. The molecule has 1 aromatic heterocycles. The standard InChI is InChI=1S/C25H28N2OS/c1-5-21-18(4)29-24-22(21)13-14-27(23(24)19-9-7-6-8-10-19)25(28)26-20-12-11-16(2)17(3)15-20/h6-12,15,23H,5,13-14H2,1-4H3,(H,26,28)/t23-/m1/s1. The molecule has 0 saturated heterocycles. The van der Waals surface area contributed by atoms with Gasteiger partial charge in [0, 0.05) is 22.0 Å². The third-order valence-corrected chi connectivity index (χ3v) is 7.24. The van der Waals surface area contributed by atoms with Gasteiger partial charge in [0.1, 0.15) is 0 Å². The fourth-order valence-electron chi connectivity index (χ4n) is 4.31. The highest BCUT2D eigenvalue weighted by Crippen LogP contribution is 2.43. The Morgan fingerprint density at radius 1 is 1.10 bits per heavy atom. The average Bonchev–Trinajstić information content (AvgIpc) is 3.05. The summed E-state index contributed by atoms with van der Waals surface area (Å²) in [6.45, 7) is 9.33. The van der Waals surface area contributed by atoms with Gasteiger partial charge in [0.15, 0.2) is 0 Å². The second-order valence-corrected chi connectivity index (χ2v) is 9.08. The van der Waals surface area contributed by atoms with Gasteiger partial charge in [0.05, 0.1) is 6.04 Å². The Morgan fingerprint density at radius 3 is 2.55 bits per heavy atom. The van der Waals surface area contributed by atoms with Crippen LogP contribution in [0.15, 0.2) is 48.5 Å². The number of urea groups is 1. The van der Waals surface area contributed by atoms with Crippen molar-refractivity contribution in [2.24, 2.45) is 0 Å². The fourth-order valence-corrected chi connectivity index (χ4v) is 5.75. The van der Waals surface area contributed by atoms with Crippen LogP contribution in [-0.2, 0) is 12.8 Å². The molecule has 1 aliphatic heterocycles. The zero-order valence-electron chi connectivity index (χ0n) is 17.6. The van der Waals surface area contributed by atoms with Crippen LogP contribution in [0.25, 0.3) is 0 Å². The molecule has 0 aliphatic carbocycles. The molecule has 2 heterocycles. The number of carbonyl (C=O) groups is 1. The summed E-state index contributed by atoms with van der Waals surface area (Å²) in [5.41, 5.74) is 7.37. The molecule has 1 N–H and O–H groups in total. The molecule has 2 amide bonds. The van der Waals surface area contributed by atoms with Crippen molar-refractivity contribution in [3.63, 3.8) is 0 Å². The maximum atomic E-state index is 13.3. The lowest BCUT2D eigenvalue weighted by atomic mass is 9.92. The van der Waals surface area contributed by atoms with Crippen molar-refractivity contribution in [2.75, 3.05) is 11.9 Å². The Labute approximate surface area is 177 Å². The number of fused-ring (bicyclic) bond motifs is 1. The van der Waals surface area contributed by atoms with E-state index in [-0.39, 0.29) is 12.1 Å². The summed E-state index contributed by atoms with van der Waals surface area (Å²) in [5.74, 6) is 0. The Morgan fingerprint density at radius 2 is 1.86 bits per heavy atom. The van der Waals surface area contributed by atoms with Gasteiger partial charge in [-0.25, -0.2) is 4.79 Å². The van der Waals surface area contributed by atoms with Crippen LogP contribution in [0.3, 0.4) is 0 Å². The molecule has 0 unspecified atom stereocenters. The molecule has 0 spiro atoms. The Kier molecular flexibility index (Phi) is 5.46. The van der Waals surface area contributed by atoms with E-state index in [9.17, 15) is 4.79 Å². The largest absolute Gasteiger partial charge is 0.322 e. The van der Waals surface area contributed by atoms with Crippen molar-refractivity contribution in [3.8, 4) is 0 Å². The number of aryl methyl sites for hydroxylation is 3. The topological polar surface area (TPSA) is 32.3 Å². The van der Waals surface area contributed by atoms with E-state index < -0.39 is 0 Å². The van der Waals surface area contributed by atoms with Gasteiger partial charge in [-0.2, -0.15) is 0 Å². The summed E-state index contributed by atoms with van der Waals surface area (Å²) in [5, 5.41) is 3.14. The van der Waals surface area contributed by atoms with E-state index in [1.807, 2.05) is 34.4 Å². The zero-order valence-corrected chi connectivity index (χ0v) is 18.4. The fraction of sp³-hybridized carbons (Fsp3) is 0.320. The average molecular weight is 405 g/mol. The van der Waals surface area contributed by atoms with Crippen molar-refractivity contribution in [3.05, 3.63) is 86.1 Å². The minimum absolute atomic E-state index is 0.0307. The van der Waals surface area contributed by atoms with E-state index in [1.54, 1.807) is 0 Å². The Bertz CT molecular complexity index is 1040. The number of rotatable bonds is 3. The first kappa shape index (κ1) is 19.7. The maximum absolute atomic E-state index is 13.3. The third kappa shape index (κ3) is 3.69. The summed E-state index contributed by atoms with van der Waals surface area (Å²) in [7, 11) is 0. The molecule has 3 nitrogen and oxygen atoms in total. The second kappa shape index (κ2) is 8.03. The summed E-state index contributed by atoms with van der Waals surface area (Å²) in [6.07, 6.45) is 1.97. The molecule has 1 atom stereocenters. The predicted molar refractivity (Wildman–Crippen MR) is 122 cm³/mol. The van der Waals surface area contributed by atoms with E-state index in [2.05, 4.69) is 63.3 Å². The monoisotopic (exact) mass is 404 g/mol. The van der Waals surface area contributed by atoms with Gasteiger partial charge >= 0.3 is 6.03 Å². The molecule has 4 rings (SSSR count). The lowest BCUT2D eigenvalue weighted by molar-refractivity contribution is 0.195. The Hall–Kier alpha value is -2.59. The molecular weight excluding hydrogens is 376 g/mol. The molecule has 3 aromatic rings. The number of nitrogens with zero attached hydrogens (tertiary/aromatic N) is 1. The van der Waals surface area contributed by atoms with Crippen LogP contribution < -0.4 is 5.32 Å². The quantitative estimate of drug-likeness (QED) is 0.537. The van der Waals surface area contributed by atoms with Crippen LogP contribution in [0.2, 0.25) is 0 Å². The Balaban J connectivity index is 1.71. The molecule has 2 aromatic carbocycles. The number of hydrogen-bond donors (Lipinski definition) is 1. The molecule has 0 fully saturated rings. The minimum atomic E-state index is -0.0319. The SMILES string of the molecule is CCc1c(C)sc2c1CCN(C(=O)Nc1ccc(C)c(C)c1)[C@@H]2c1ccccc1. The van der Waals surface area contributed by atoms with Crippen LogP contribution in [0.4, 0.5) is 10.5 Å². The summed E-state index contributed by atoms with van der Waals surface area (Å²) < 4.78 is 0.